The van der Waals surface area contributed by atoms with Crippen molar-refractivity contribution in [3.05, 3.63) is 12.2 Å². The van der Waals surface area contributed by atoms with Gasteiger partial charge in [-0.1, -0.05) is 48.0 Å². The molecule has 4 rings (SSSR count). The topological polar surface area (TPSA) is 106 Å². The fourth-order valence-electron chi connectivity index (χ4n) is 6.69. The number of amides is 1. The Hall–Kier alpha value is -1.80. The summed E-state index contributed by atoms with van der Waals surface area (Å²) in [5, 5.41) is 9.19. The van der Waals surface area contributed by atoms with E-state index < -0.39 is 5.60 Å². The van der Waals surface area contributed by atoms with Gasteiger partial charge in [-0.2, -0.15) is 5.10 Å². The van der Waals surface area contributed by atoms with E-state index in [0.29, 0.717) is 30.6 Å². The molecule has 1 aromatic rings. The molecule has 0 aromatic carbocycles. The van der Waals surface area contributed by atoms with Gasteiger partial charge in [-0.3, -0.25) is 14.7 Å². The molecule has 3 aliphatic rings. The van der Waals surface area contributed by atoms with Gasteiger partial charge in [0, 0.05) is 17.9 Å². The van der Waals surface area contributed by atoms with Gasteiger partial charge in [-0.15, -0.1) is 0 Å². The average Bonchev–Trinajstić information content (AvgIpc) is 3.30. The van der Waals surface area contributed by atoms with Crippen molar-refractivity contribution in [2.24, 2.45) is 29.1 Å². The van der Waals surface area contributed by atoms with Gasteiger partial charge < -0.3 is 14.8 Å². The summed E-state index contributed by atoms with van der Waals surface area (Å²) in [7, 11) is 0. The van der Waals surface area contributed by atoms with Crippen molar-refractivity contribution < 1.29 is 19.1 Å². The number of rotatable bonds is 10. The van der Waals surface area contributed by atoms with Crippen molar-refractivity contribution in [3.8, 4) is 0 Å². The molecule has 0 bridgehead atoms. The fourth-order valence-corrected chi connectivity index (χ4v) is 6.69. The van der Waals surface area contributed by atoms with E-state index in [1.165, 1.54) is 6.33 Å². The molecule has 0 radical (unpaired) electrons. The van der Waals surface area contributed by atoms with Gasteiger partial charge in [0.05, 0.1) is 11.5 Å². The van der Waals surface area contributed by atoms with Crippen LogP contribution in [0.5, 0.6) is 0 Å². The number of nitrogens with one attached hydrogen (secondary N) is 2. The van der Waals surface area contributed by atoms with Crippen LogP contribution >= 0.6 is 0 Å². The Morgan fingerprint density at radius 3 is 2.52 bits per heavy atom. The van der Waals surface area contributed by atoms with Crippen LogP contribution in [0.15, 0.2) is 6.33 Å². The third kappa shape index (κ3) is 3.39. The Morgan fingerprint density at radius 1 is 1.21 bits per heavy atom. The Kier molecular flexibility index (Phi) is 6.23. The van der Waals surface area contributed by atoms with Crippen molar-refractivity contribution in [1.29, 1.82) is 0 Å². The van der Waals surface area contributed by atoms with Crippen molar-refractivity contribution in [2.45, 2.75) is 104 Å². The van der Waals surface area contributed by atoms with E-state index in [-0.39, 0.29) is 46.8 Å². The molecule has 8 atom stereocenters. The lowest BCUT2D eigenvalue weighted by molar-refractivity contribution is -0.527. The zero-order valence-corrected chi connectivity index (χ0v) is 21.1. The molecule has 8 unspecified atom stereocenters. The number of carbonyl (C=O) groups excluding carboxylic acids is 2. The van der Waals surface area contributed by atoms with E-state index in [2.05, 4.69) is 62.0 Å². The van der Waals surface area contributed by atoms with Gasteiger partial charge in [0.25, 0.3) is 5.91 Å². The number of aromatic amines is 1. The number of nitrogens with zero attached hydrogens (tertiary/aromatic N) is 2. The normalized spacial score (nSPS) is 37.3. The zero-order chi connectivity index (χ0) is 24.2. The molecule has 1 aromatic heterocycles. The fraction of sp³-hybridized carbons (Fsp3) is 0.840. The summed E-state index contributed by atoms with van der Waals surface area (Å²) in [5.74, 6) is 1.32. The Bertz CT molecular complexity index is 889. The van der Waals surface area contributed by atoms with Gasteiger partial charge in [-0.25, -0.2) is 4.98 Å². The molecule has 8 nitrogen and oxygen atoms in total. The Morgan fingerprint density at radius 2 is 1.94 bits per heavy atom. The van der Waals surface area contributed by atoms with Crippen LogP contribution in [0.1, 0.15) is 91.2 Å². The van der Waals surface area contributed by atoms with Crippen LogP contribution in [-0.4, -0.2) is 50.4 Å². The second-order valence-corrected chi connectivity index (χ2v) is 11.2. The molecule has 0 spiro atoms. The maximum Gasteiger partial charge on any atom is 0.288 e. The lowest BCUT2D eigenvalue weighted by Gasteiger charge is -2.78. The van der Waals surface area contributed by atoms with E-state index in [9.17, 15) is 9.59 Å². The number of hydrogen-bond acceptors (Lipinski definition) is 6. The second kappa shape index (κ2) is 8.45. The molecule has 3 fully saturated rings. The Labute approximate surface area is 197 Å². The summed E-state index contributed by atoms with van der Waals surface area (Å²) in [6, 6.07) is -0.172. The monoisotopic (exact) mass is 460 g/mol. The quantitative estimate of drug-likeness (QED) is 0.549. The first kappa shape index (κ1) is 24.3. The molecule has 1 amide bonds. The number of H-pyrrole nitrogens is 1. The van der Waals surface area contributed by atoms with Crippen LogP contribution in [0, 0.1) is 29.1 Å². The molecule has 1 aliphatic carbocycles. The lowest BCUT2D eigenvalue weighted by Crippen LogP contribution is -2.89. The van der Waals surface area contributed by atoms with Crippen LogP contribution in [0.2, 0.25) is 0 Å². The Balaban J connectivity index is 1.53. The summed E-state index contributed by atoms with van der Waals surface area (Å²) in [6.45, 7) is 15.4. The van der Waals surface area contributed by atoms with Gasteiger partial charge in [0.2, 0.25) is 5.82 Å². The van der Waals surface area contributed by atoms with Gasteiger partial charge in [0.15, 0.2) is 12.1 Å². The first-order chi connectivity index (χ1) is 15.5. The zero-order valence-electron chi connectivity index (χ0n) is 21.1. The summed E-state index contributed by atoms with van der Waals surface area (Å²) >= 11 is 0. The first-order valence-corrected chi connectivity index (χ1v) is 12.6. The second-order valence-electron chi connectivity index (χ2n) is 11.2. The summed E-state index contributed by atoms with van der Waals surface area (Å²) in [4.78, 5) is 30.2. The van der Waals surface area contributed by atoms with Crippen molar-refractivity contribution in [3.63, 3.8) is 0 Å². The van der Waals surface area contributed by atoms with Gasteiger partial charge >= 0.3 is 0 Å². The highest BCUT2D eigenvalue weighted by Crippen LogP contribution is 2.73. The molecule has 2 saturated heterocycles. The standard InChI is InChI=1S/C25H40N4O4/c1-8-15(4)23(7)11-12-24(17(6)14(2)3)19-22(32-24)33-25(19,23)18(30)10-9-16(5)28-21(31)20-26-13-27-29-20/h13-17,19,22H,8-12H2,1-7H3,(H,28,31)(H,26,27,29). The molecule has 184 valence electrons. The van der Waals surface area contributed by atoms with Crippen LogP contribution < -0.4 is 5.32 Å². The molecule has 1 saturated carbocycles. The molecular formula is C25H40N4O4. The van der Waals surface area contributed by atoms with E-state index in [4.69, 9.17) is 9.47 Å². The molecule has 33 heavy (non-hydrogen) atoms. The number of hydrogen-bond donors (Lipinski definition) is 2. The number of ether oxygens (including phenoxy) is 2. The number of carbonyl (C=O) groups is 2. The van der Waals surface area contributed by atoms with Gasteiger partial charge in [-0.05, 0) is 43.9 Å². The molecule has 2 aliphatic heterocycles. The SMILES string of the molecule is CCC(C)C1(C)CCC2(C(C)C(C)C)OC3OC1(C(=O)CCC(C)NC(=O)c1ncn[nH]1)C32. The van der Waals surface area contributed by atoms with E-state index >= 15 is 0 Å². The minimum absolute atomic E-state index is 0.113. The highest BCUT2D eigenvalue weighted by Gasteiger charge is 2.83. The van der Waals surface area contributed by atoms with Crippen LogP contribution in [0.25, 0.3) is 0 Å². The summed E-state index contributed by atoms with van der Waals surface area (Å²) < 4.78 is 12.8. The molecule has 2 N–H and O–H groups in total. The van der Waals surface area contributed by atoms with Crippen molar-refractivity contribution >= 4 is 11.7 Å². The third-order valence-electron chi connectivity index (χ3n) is 9.45. The van der Waals surface area contributed by atoms with Gasteiger partial charge in [0.1, 0.15) is 11.9 Å². The van der Waals surface area contributed by atoms with Crippen LogP contribution in [-0.2, 0) is 14.3 Å². The molecule has 3 heterocycles. The largest absolute Gasteiger partial charge is 0.347 e. The smallest absolute Gasteiger partial charge is 0.288 e. The van der Waals surface area contributed by atoms with Crippen LogP contribution in [0.3, 0.4) is 0 Å². The summed E-state index contributed by atoms with van der Waals surface area (Å²) in [5.41, 5.74) is -1.30. The average molecular weight is 461 g/mol. The maximum atomic E-state index is 14.0. The maximum absolute atomic E-state index is 14.0. The molecular weight excluding hydrogens is 420 g/mol. The van der Waals surface area contributed by atoms with E-state index in [0.717, 1.165) is 19.3 Å². The van der Waals surface area contributed by atoms with E-state index in [1.54, 1.807) is 0 Å². The predicted octanol–water partition coefficient (Wildman–Crippen LogP) is 3.89. The number of Topliss-reactive ketones (excluding diaryl/α,β-unsaturated/α-hetero) is 1. The highest BCUT2D eigenvalue weighted by atomic mass is 16.8. The van der Waals surface area contributed by atoms with E-state index in [1.807, 2.05) is 6.92 Å². The van der Waals surface area contributed by atoms with Crippen molar-refractivity contribution in [1.82, 2.24) is 20.5 Å². The number of aromatic nitrogens is 3. The highest BCUT2D eigenvalue weighted by molar-refractivity contribution is 5.91. The molecule has 8 heteroatoms. The third-order valence-corrected chi connectivity index (χ3v) is 9.45. The van der Waals surface area contributed by atoms with Crippen LogP contribution in [0.4, 0.5) is 0 Å². The lowest BCUT2D eigenvalue weighted by atomic mass is 9.42. The minimum Gasteiger partial charge on any atom is -0.347 e. The predicted molar refractivity (Wildman–Crippen MR) is 123 cm³/mol. The summed E-state index contributed by atoms with van der Waals surface area (Å²) in [6.07, 6.45) is 4.86. The first-order valence-electron chi connectivity index (χ1n) is 12.6. The number of ketones is 1. The van der Waals surface area contributed by atoms with Crippen molar-refractivity contribution in [2.75, 3.05) is 0 Å². The minimum atomic E-state index is -0.804.